The largest absolute Gasteiger partial charge is 0.466 e. The van der Waals surface area contributed by atoms with Gasteiger partial charge in [0.15, 0.2) is 0 Å². The number of carbonyl (C=O) groups is 3. The molecule has 1 aliphatic rings. The molecule has 7 nitrogen and oxygen atoms in total. The van der Waals surface area contributed by atoms with Crippen LogP contribution in [0.1, 0.15) is 30.9 Å². The highest BCUT2D eigenvalue weighted by molar-refractivity contribution is 6.01. The van der Waals surface area contributed by atoms with Gasteiger partial charge in [-0.2, -0.15) is 0 Å². The molecule has 1 aliphatic heterocycles. The number of nitrogens with zero attached hydrogens (tertiary/aromatic N) is 1. The molecule has 0 aliphatic carbocycles. The average Bonchev–Trinajstić information content (AvgIpc) is 2.58. The van der Waals surface area contributed by atoms with Crippen LogP contribution in [0.15, 0.2) is 18.2 Å². The third-order valence-corrected chi connectivity index (χ3v) is 4.51. The molecule has 1 aromatic rings. The Hall–Kier alpha value is -2.41. The standard InChI is InChI=1S/C19H27N3O4/c1-4-26-18(24)15-6-5-9-22(11-15)12-17(23)21-19(25)20-16-8-7-13(2)14(3)10-16/h7-8,10,15H,4-6,9,11-12H2,1-3H3,(H2,20,21,23,25)/t15-/m0/s1. The first kappa shape index (κ1) is 19.9. The highest BCUT2D eigenvalue weighted by Gasteiger charge is 2.28. The van der Waals surface area contributed by atoms with Gasteiger partial charge in [0.05, 0.1) is 19.1 Å². The van der Waals surface area contributed by atoms with Crippen LogP contribution in [0.25, 0.3) is 0 Å². The number of esters is 1. The van der Waals surface area contributed by atoms with Crippen molar-refractivity contribution in [3.05, 3.63) is 29.3 Å². The first-order chi connectivity index (χ1) is 12.4. The summed E-state index contributed by atoms with van der Waals surface area (Å²) in [6.45, 7) is 7.36. The fourth-order valence-corrected chi connectivity index (χ4v) is 3.00. The van der Waals surface area contributed by atoms with E-state index in [-0.39, 0.29) is 18.4 Å². The molecule has 26 heavy (non-hydrogen) atoms. The molecule has 142 valence electrons. The SMILES string of the molecule is CCOC(=O)[C@H]1CCCN(CC(=O)NC(=O)Nc2ccc(C)c(C)c2)C1. The number of carbonyl (C=O) groups excluding carboxylic acids is 3. The van der Waals surface area contributed by atoms with Crippen LogP contribution in [0.3, 0.4) is 0 Å². The number of piperidine rings is 1. The number of hydrogen-bond acceptors (Lipinski definition) is 5. The van der Waals surface area contributed by atoms with Gasteiger partial charge in [0, 0.05) is 12.2 Å². The number of benzene rings is 1. The van der Waals surface area contributed by atoms with E-state index >= 15 is 0 Å². The molecule has 0 radical (unpaired) electrons. The summed E-state index contributed by atoms with van der Waals surface area (Å²) < 4.78 is 5.05. The van der Waals surface area contributed by atoms with Crippen molar-refractivity contribution in [3.8, 4) is 0 Å². The van der Waals surface area contributed by atoms with E-state index < -0.39 is 11.9 Å². The summed E-state index contributed by atoms with van der Waals surface area (Å²) in [5.74, 6) is -0.818. The van der Waals surface area contributed by atoms with Gasteiger partial charge in [-0.3, -0.25) is 19.8 Å². The predicted molar refractivity (Wildman–Crippen MR) is 98.9 cm³/mol. The van der Waals surface area contributed by atoms with Crippen molar-refractivity contribution in [2.75, 3.05) is 31.6 Å². The highest BCUT2D eigenvalue weighted by Crippen LogP contribution is 2.17. The van der Waals surface area contributed by atoms with E-state index in [1.165, 1.54) is 0 Å². The second-order valence-corrected chi connectivity index (χ2v) is 6.63. The zero-order valence-corrected chi connectivity index (χ0v) is 15.6. The summed E-state index contributed by atoms with van der Waals surface area (Å²) in [7, 11) is 0. The second-order valence-electron chi connectivity index (χ2n) is 6.63. The number of aryl methyl sites for hydroxylation is 2. The van der Waals surface area contributed by atoms with E-state index in [1.54, 1.807) is 13.0 Å². The van der Waals surface area contributed by atoms with Crippen molar-refractivity contribution >= 4 is 23.6 Å². The Morgan fingerprint density at radius 2 is 2.00 bits per heavy atom. The quantitative estimate of drug-likeness (QED) is 0.785. The van der Waals surface area contributed by atoms with Crippen LogP contribution in [0.4, 0.5) is 10.5 Å². The van der Waals surface area contributed by atoms with E-state index in [2.05, 4.69) is 10.6 Å². The maximum Gasteiger partial charge on any atom is 0.325 e. The lowest BCUT2D eigenvalue weighted by atomic mass is 9.98. The van der Waals surface area contributed by atoms with Crippen LogP contribution < -0.4 is 10.6 Å². The molecule has 0 saturated carbocycles. The van der Waals surface area contributed by atoms with Gasteiger partial charge in [0.1, 0.15) is 0 Å². The van der Waals surface area contributed by atoms with Crippen molar-refractivity contribution in [1.82, 2.24) is 10.2 Å². The number of likely N-dealkylation sites (tertiary alicyclic amines) is 1. The Kier molecular flexibility index (Phi) is 7.15. The summed E-state index contributed by atoms with van der Waals surface area (Å²) in [5.41, 5.74) is 2.83. The molecular weight excluding hydrogens is 334 g/mol. The first-order valence-electron chi connectivity index (χ1n) is 8.96. The Bertz CT molecular complexity index is 675. The summed E-state index contributed by atoms with van der Waals surface area (Å²) in [6.07, 6.45) is 1.59. The Morgan fingerprint density at radius 1 is 1.23 bits per heavy atom. The number of hydrogen-bond donors (Lipinski definition) is 2. The second kappa shape index (κ2) is 9.33. The number of nitrogens with one attached hydrogen (secondary N) is 2. The zero-order valence-electron chi connectivity index (χ0n) is 15.6. The zero-order chi connectivity index (χ0) is 19.1. The van der Waals surface area contributed by atoms with E-state index in [4.69, 9.17) is 4.74 Å². The normalized spacial score (nSPS) is 17.4. The van der Waals surface area contributed by atoms with Gasteiger partial charge in [-0.25, -0.2) is 4.79 Å². The fraction of sp³-hybridized carbons (Fsp3) is 0.526. The molecule has 2 rings (SSSR count). The minimum absolute atomic E-state index is 0.0796. The molecule has 0 unspecified atom stereocenters. The van der Waals surface area contributed by atoms with Crippen LogP contribution in [0, 0.1) is 19.8 Å². The smallest absolute Gasteiger partial charge is 0.325 e. The molecule has 1 saturated heterocycles. The third-order valence-electron chi connectivity index (χ3n) is 4.51. The van der Waals surface area contributed by atoms with Crippen LogP contribution in [0.5, 0.6) is 0 Å². The van der Waals surface area contributed by atoms with Crippen molar-refractivity contribution in [2.45, 2.75) is 33.6 Å². The van der Waals surface area contributed by atoms with Crippen LogP contribution in [0.2, 0.25) is 0 Å². The monoisotopic (exact) mass is 361 g/mol. The van der Waals surface area contributed by atoms with Crippen molar-refractivity contribution in [1.29, 1.82) is 0 Å². The van der Waals surface area contributed by atoms with Crippen LogP contribution >= 0.6 is 0 Å². The Morgan fingerprint density at radius 3 is 2.69 bits per heavy atom. The summed E-state index contributed by atoms with van der Waals surface area (Å²) in [6, 6.07) is 5.00. The molecule has 2 N–H and O–H groups in total. The van der Waals surface area contributed by atoms with E-state index in [1.807, 2.05) is 30.9 Å². The maximum absolute atomic E-state index is 12.1. The number of urea groups is 1. The summed E-state index contributed by atoms with van der Waals surface area (Å²) in [4.78, 5) is 37.8. The Balaban J connectivity index is 1.80. The number of amides is 3. The molecule has 1 aromatic carbocycles. The molecule has 0 aromatic heterocycles. The van der Waals surface area contributed by atoms with E-state index in [9.17, 15) is 14.4 Å². The molecule has 7 heteroatoms. The molecule has 0 bridgehead atoms. The van der Waals surface area contributed by atoms with Gasteiger partial charge < -0.3 is 10.1 Å². The van der Waals surface area contributed by atoms with Crippen LogP contribution in [-0.4, -0.2) is 49.0 Å². The summed E-state index contributed by atoms with van der Waals surface area (Å²) >= 11 is 0. The van der Waals surface area contributed by atoms with Gasteiger partial charge in [-0.15, -0.1) is 0 Å². The maximum atomic E-state index is 12.1. The van der Waals surface area contributed by atoms with Crippen molar-refractivity contribution in [3.63, 3.8) is 0 Å². The number of anilines is 1. The number of ether oxygens (including phenoxy) is 1. The summed E-state index contributed by atoms with van der Waals surface area (Å²) in [5, 5.41) is 4.99. The molecule has 1 heterocycles. The molecular formula is C19H27N3O4. The van der Waals surface area contributed by atoms with Crippen LogP contribution in [-0.2, 0) is 14.3 Å². The highest BCUT2D eigenvalue weighted by atomic mass is 16.5. The average molecular weight is 361 g/mol. The van der Waals surface area contributed by atoms with Gasteiger partial charge >= 0.3 is 12.0 Å². The van der Waals surface area contributed by atoms with E-state index in [0.717, 1.165) is 30.5 Å². The van der Waals surface area contributed by atoms with Crippen molar-refractivity contribution in [2.24, 2.45) is 5.92 Å². The molecule has 1 atom stereocenters. The third kappa shape index (κ3) is 5.84. The molecule has 0 spiro atoms. The molecule has 1 fully saturated rings. The lowest BCUT2D eigenvalue weighted by Gasteiger charge is -2.30. The lowest BCUT2D eigenvalue weighted by Crippen LogP contribution is -2.46. The minimum Gasteiger partial charge on any atom is -0.466 e. The number of rotatable bonds is 5. The fourth-order valence-electron chi connectivity index (χ4n) is 3.00. The lowest BCUT2D eigenvalue weighted by molar-refractivity contribution is -0.150. The van der Waals surface area contributed by atoms with Gasteiger partial charge in [0.25, 0.3) is 0 Å². The number of imide groups is 1. The topological polar surface area (TPSA) is 87.7 Å². The van der Waals surface area contributed by atoms with E-state index in [0.29, 0.717) is 18.8 Å². The molecule has 3 amide bonds. The Labute approximate surface area is 154 Å². The van der Waals surface area contributed by atoms with Gasteiger partial charge in [-0.1, -0.05) is 6.07 Å². The van der Waals surface area contributed by atoms with Gasteiger partial charge in [-0.05, 0) is 63.4 Å². The predicted octanol–water partition coefficient (Wildman–Crippen LogP) is 2.23. The van der Waals surface area contributed by atoms with Crippen molar-refractivity contribution < 1.29 is 19.1 Å². The first-order valence-corrected chi connectivity index (χ1v) is 8.96. The van der Waals surface area contributed by atoms with Gasteiger partial charge in [0.2, 0.25) is 5.91 Å². The minimum atomic E-state index is -0.558.